The van der Waals surface area contributed by atoms with E-state index in [1.165, 1.54) is 19.3 Å². The summed E-state index contributed by atoms with van der Waals surface area (Å²) in [7, 11) is 0. The fraction of sp³-hybridized carbons (Fsp3) is 0.400. The number of nitrogens with one attached hydrogen (secondary N) is 1. The number of pyridine rings is 1. The van der Waals surface area contributed by atoms with E-state index in [0.717, 1.165) is 40.9 Å². The molecule has 2 aromatic rings. The number of piperidine rings is 1. The number of hydrogen-bond donors (Lipinski definition) is 2. The van der Waals surface area contributed by atoms with E-state index in [9.17, 15) is 0 Å². The van der Waals surface area contributed by atoms with Crippen molar-refractivity contribution in [1.82, 2.24) is 9.99 Å². The zero-order valence-electron chi connectivity index (χ0n) is 11.3. The molecule has 3 N–H and O–H groups in total. The molecule has 0 radical (unpaired) electrons. The van der Waals surface area contributed by atoms with Crippen LogP contribution >= 0.6 is 0 Å². The molecule has 1 aliphatic heterocycles. The number of nitrogens with zero attached hydrogens (tertiary/aromatic N) is 2. The lowest BCUT2D eigenvalue weighted by Crippen LogP contribution is -2.34. The number of nitrogens with two attached hydrogens (primary N) is 1. The minimum Gasteiger partial charge on any atom is -0.398 e. The Kier molecular flexibility index (Phi) is 3.25. The summed E-state index contributed by atoms with van der Waals surface area (Å²) in [6.45, 7) is 4.22. The maximum atomic E-state index is 6.03. The van der Waals surface area contributed by atoms with Crippen molar-refractivity contribution in [1.29, 1.82) is 0 Å². The van der Waals surface area contributed by atoms with Gasteiger partial charge in [-0.1, -0.05) is 6.42 Å². The molecule has 1 fully saturated rings. The number of aromatic nitrogens is 1. The van der Waals surface area contributed by atoms with Gasteiger partial charge >= 0.3 is 0 Å². The van der Waals surface area contributed by atoms with Crippen molar-refractivity contribution < 1.29 is 0 Å². The largest absolute Gasteiger partial charge is 0.398 e. The number of aryl methyl sites for hydroxylation is 1. The summed E-state index contributed by atoms with van der Waals surface area (Å²) in [6.07, 6.45) is 5.73. The van der Waals surface area contributed by atoms with Gasteiger partial charge in [0.15, 0.2) is 0 Å². The highest BCUT2D eigenvalue weighted by Gasteiger charge is 2.12. The molecular formula is C15H20N4. The summed E-state index contributed by atoms with van der Waals surface area (Å²) in [5.41, 5.74) is 12.5. The summed E-state index contributed by atoms with van der Waals surface area (Å²) < 4.78 is 0. The van der Waals surface area contributed by atoms with Crippen LogP contribution in [0, 0.1) is 6.92 Å². The standard InChI is InChI=1S/C15H20N4/c1-11-9-12-13(10-17-11)14(16)5-6-15(12)18-19-7-3-2-4-8-19/h5-6,9-10,18H,2-4,7-8,16H2,1H3. The van der Waals surface area contributed by atoms with Crippen molar-refractivity contribution in [3.05, 3.63) is 30.1 Å². The minimum atomic E-state index is 0.784. The third kappa shape index (κ3) is 2.49. The second-order valence-electron chi connectivity index (χ2n) is 5.23. The average Bonchev–Trinajstić information content (AvgIpc) is 2.43. The van der Waals surface area contributed by atoms with E-state index in [1.54, 1.807) is 0 Å². The molecular weight excluding hydrogens is 236 g/mol. The maximum absolute atomic E-state index is 6.03. The molecule has 0 bridgehead atoms. The van der Waals surface area contributed by atoms with Gasteiger partial charge in [0.05, 0.1) is 5.69 Å². The fourth-order valence-electron chi connectivity index (χ4n) is 2.64. The quantitative estimate of drug-likeness (QED) is 0.811. The molecule has 1 saturated heterocycles. The monoisotopic (exact) mass is 256 g/mol. The smallest absolute Gasteiger partial charge is 0.0571 e. The molecule has 4 heteroatoms. The van der Waals surface area contributed by atoms with Gasteiger partial charge in [-0.2, -0.15) is 0 Å². The summed E-state index contributed by atoms with van der Waals surface area (Å²) >= 11 is 0. The molecule has 0 aliphatic carbocycles. The molecule has 19 heavy (non-hydrogen) atoms. The minimum absolute atomic E-state index is 0.784. The Morgan fingerprint density at radius 1 is 1.16 bits per heavy atom. The first-order chi connectivity index (χ1) is 9.24. The van der Waals surface area contributed by atoms with Gasteiger partial charge in [-0.3, -0.25) is 4.98 Å². The van der Waals surface area contributed by atoms with Gasteiger partial charge in [0.25, 0.3) is 0 Å². The van der Waals surface area contributed by atoms with Crippen LogP contribution in [0.1, 0.15) is 25.0 Å². The highest BCUT2D eigenvalue weighted by Crippen LogP contribution is 2.29. The second kappa shape index (κ2) is 5.05. The van der Waals surface area contributed by atoms with Crippen molar-refractivity contribution in [3.63, 3.8) is 0 Å². The Morgan fingerprint density at radius 3 is 2.74 bits per heavy atom. The maximum Gasteiger partial charge on any atom is 0.0571 e. The van der Waals surface area contributed by atoms with Gasteiger partial charge in [-0.15, -0.1) is 0 Å². The highest BCUT2D eigenvalue weighted by molar-refractivity contribution is 6.00. The fourth-order valence-corrected chi connectivity index (χ4v) is 2.64. The number of fused-ring (bicyclic) bond motifs is 1. The lowest BCUT2D eigenvalue weighted by atomic mass is 10.1. The predicted molar refractivity (Wildman–Crippen MR) is 79.9 cm³/mol. The Morgan fingerprint density at radius 2 is 1.95 bits per heavy atom. The molecule has 1 aromatic carbocycles. The van der Waals surface area contributed by atoms with Gasteiger partial charge < -0.3 is 11.2 Å². The van der Waals surface area contributed by atoms with Crippen LogP contribution in [0.4, 0.5) is 11.4 Å². The van der Waals surface area contributed by atoms with Gasteiger partial charge in [0, 0.05) is 41.4 Å². The molecule has 0 atom stereocenters. The first kappa shape index (κ1) is 12.2. The number of nitrogen functional groups attached to an aromatic ring is 1. The second-order valence-corrected chi connectivity index (χ2v) is 5.23. The highest BCUT2D eigenvalue weighted by atomic mass is 15.5. The molecule has 2 heterocycles. The molecule has 0 amide bonds. The number of rotatable bonds is 2. The molecule has 4 nitrogen and oxygen atoms in total. The van der Waals surface area contributed by atoms with Gasteiger partial charge in [0.2, 0.25) is 0 Å². The Balaban J connectivity index is 1.98. The molecule has 3 rings (SSSR count). The van der Waals surface area contributed by atoms with Crippen LogP contribution in [0.15, 0.2) is 24.4 Å². The molecule has 1 aliphatic rings. The van der Waals surface area contributed by atoms with E-state index in [2.05, 4.69) is 27.6 Å². The molecule has 0 spiro atoms. The summed E-state index contributed by atoms with van der Waals surface area (Å²) in [5.74, 6) is 0. The van der Waals surface area contributed by atoms with Crippen molar-refractivity contribution in [2.75, 3.05) is 24.2 Å². The van der Waals surface area contributed by atoms with Crippen molar-refractivity contribution in [3.8, 4) is 0 Å². The normalized spacial score (nSPS) is 16.7. The Hall–Kier alpha value is -1.81. The zero-order chi connectivity index (χ0) is 13.2. The van der Waals surface area contributed by atoms with Crippen LogP contribution in [-0.2, 0) is 0 Å². The van der Waals surface area contributed by atoms with Crippen LogP contribution in [0.5, 0.6) is 0 Å². The van der Waals surface area contributed by atoms with Crippen molar-refractivity contribution >= 4 is 22.1 Å². The number of anilines is 2. The van der Waals surface area contributed by atoms with Gasteiger partial charge in [-0.25, -0.2) is 5.01 Å². The Labute approximate surface area is 113 Å². The van der Waals surface area contributed by atoms with Gasteiger partial charge in [-0.05, 0) is 38.0 Å². The van der Waals surface area contributed by atoms with Crippen molar-refractivity contribution in [2.24, 2.45) is 0 Å². The zero-order valence-corrected chi connectivity index (χ0v) is 11.3. The van der Waals surface area contributed by atoms with Crippen LogP contribution in [0.25, 0.3) is 10.8 Å². The molecule has 0 saturated carbocycles. The van der Waals surface area contributed by atoms with Crippen LogP contribution < -0.4 is 11.2 Å². The lowest BCUT2D eigenvalue weighted by molar-refractivity contribution is 0.273. The van der Waals surface area contributed by atoms with E-state index in [1.807, 2.05) is 19.2 Å². The third-order valence-corrected chi connectivity index (χ3v) is 3.71. The molecule has 1 aromatic heterocycles. The predicted octanol–water partition coefficient (Wildman–Crippen LogP) is 2.94. The number of hydrogen-bond acceptors (Lipinski definition) is 4. The molecule has 100 valence electrons. The van der Waals surface area contributed by atoms with Gasteiger partial charge in [0.1, 0.15) is 0 Å². The Bertz CT molecular complexity index is 588. The lowest BCUT2D eigenvalue weighted by Gasteiger charge is -2.28. The first-order valence-electron chi connectivity index (χ1n) is 6.90. The number of hydrazine groups is 1. The van der Waals surface area contributed by atoms with E-state index >= 15 is 0 Å². The number of benzene rings is 1. The van der Waals surface area contributed by atoms with E-state index in [-0.39, 0.29) is 0 Å². The van der Waals surface area contributed by atoms with E-state index in [4.69, 9.17) is 5.73 Å². The SMILES string of the molecule is Cc1cc2c(NN3CCCCC3)ccc(N)c2cn1. The van der Waals surface area contributed by atoms with Crippen LogP contribution in [-0.4, -0.2) is 23.1 Å². The average molecular weight is 256 g/mol. The van der Waals surface area contributed by atoms with E-state index in [0.29, 0.717) is 0 Å². The van der Waals surface area contributed by atoms with E-state index < -0.39 is 0 Å². The summed E-state index contributed by atoms with van der Waals surface area (Å²) in [4.78, 5) is 4.33. The summed E-state index contributed by atoms with van der Waals surface area (Å²) in [5, 5.41) is 4.47. The third-order valence-electron chi connectivity index (χ3n) is 3.71. The van der Waals surface area contributed by atoms with Crippen molar-refractivity contribution in [2.45, 2.75) is 26.2 Å². The summed E-state index contributed by atoms with van der Waals surface area (Å²) in [6, 6.07) is 6.11. The molecule has 0 unspecified atom stereocenters. The van der Waals surface area contributed by atoms with Crippen LogP contribution in [0.2, 0.25) is 0 Å². The topological polar surface area (TPSA) is 54.2 Å². The first-order valence-corrected chi connectivity index (χ1v) is 6.90. The van der Waals surface area contributed by atoms with Crippen LogP contribution in [0.3, 0.4) is 0 Å².